The Hall–Kier alpha value is -1.78. The molecule has 3 aromatic heterocycles. The fourth-order valence-corrected chi connectivity index (χ4v) is 4.42. The van der Waals surface area contributed by atoms with Crippen molar-refractivity contribution in [3.63, 3.8) is 0 Å². The maximum absolute atomic E-state index is 12.1. The second-order valence-electron chi connectivity index (χ2n) is 5.39. The van der Waals surface area contributed by atoms with E-state index < -0.39 is 0 Å². The molecule has 0 saturated carbocycles. The van der Waals surface area contributed by atoms with Gasteiger partial charge >= 0.3 is 0 Å². The summed E-state index contributed by atoms with van der Waals surface area (Å²) in [7, 11) is 0. The summed E-state index contributed by atoms with van der Waals surface area (Å²) < 4.78 is 2.32. The van der Waals surface area contributed by atoms with E-state index in [0.29, 0.717) is 21.5 Å². The normalized spacial score (nSPS) is 11.3. The molecule has 126 valence electrons. The lowest BCUT2D eigenvalue weighted by Crippen LogP contribution is -2.17. The molecule has 0 fully saturated rings. The van der Waals surface area contributed by atoms with Gasteiger partial charge in [0.05, 0.1) is 5.69 Å². The van der Waals surface area contributed by atoms with Gasteiger partial charge in [0, 0.05) is 28.8 Å². The number of thioether (sulfide) groups is 1. The number of nitrogens with zero attached hydrogens (tertiary/aromatic N) is 4. The number of rotatable bonds is 5. The number of anilines is 1. The van der Waals surface area contributed by atoms with Gasteiger partial charge in [-0.05, 0) is 6.92 Å². The molecule has 0 spiro atoms. The van der Waals surface area contributed by atoms with E-state index in [-0.39, 0.29) is 17.4 Å². The lowest BCUT2D eigenvalue weighted by molar-refractivity contribution is -0.118. The molecule has 1 amide bonds. The minimum absolute atomic E-state index is 0.0727. The van der Waals surface area contributed by atoms with Gasteiger partial charge in [-0.15, -0.1) is 21.5 Å². The van der Waals surface area contributed by atoms with E-state index in [2.05, 4.69) is 20.5 Å². The number of thiazole rings is 1. The summed E-state index contributed by atoms with van der Waals surface area (Å²) in [5, 5.41) is 13.1. The Morgan fingerprint density at radius 2 is 2.21 bits per heavy atom. The summed E-state index contributed by atoms with van der Waals surface area (Å²) in [4.78, 5) is 29.0. The van der Waals surface area contributed by atoms with E-state index in [1.54, 1.807) is 10.5 Å². The highest BCUT2D eigenvalue weighted by Crippen LogP contribution is 2.28. The van der Waals surface area contributed by atoms with Crippen LogP contribution in [0, 0.1) is 12.8 Å². The fraction of sp³-hybridized carbons (Fsp3) is 0.357. The maximum Gasteiger partial charge on any atom is 0.258 e. The van der Waals surface area contributed by atoms with E-state index >= 15 is 0 Å². The van der Waals surface area contributed by atoms with Gasteiger partial charge in [0.15, 0.2) is 9.30 Å². The Kier molecular flexibility index (Phi) is 4.97. The van der Waals surface area contributed by atoms with Gasteiger partial charge in [-0.25, -0.2) is 4.98 Å². The predicted molar refractivity (Wildman–Crippen MR) is 97.0 cm³/mol. The van der Waals surface area contributed by atoms with E-state index in [0.717, 1.165) is 10.0 Å². The van der Waals surface area contributed by atoms with Crippen molar-refractivity contribution < 1.29 is 4.79 Å². The van der Waals surface area contributed by atoms with Gasteiger partial charge in [-0.1, -0.05) is 36.9 Å². The summed E-state index contributed by atoms with van der Waals surface area (Å²) in [6.07, 6.45) is 0. The first-order chi connectivity index (χ1) is 11.4. The second kappa shape index (κ2) is 6.99. The molecule has 0 radical (unpaired) electrons. The van der Waals surface area contributed by atoms with Crippen LogP contribution in [0.5, 0.6) is 0 Å². The van der Waals surface area contributed by atoms with Crippen LogP contribution < -0.4 is 10.9 Å². The molecule has 0 bridgehead atoms. The minimum Gasteiger partial charge on any atom is -0.300 e. The third-order valence-corrected chi connectivity index (χ3v) is 6.08. The number of hydrogen-bond donors (Lipinski definition) is 1. The molecule has 1 N–H and O–H groups in total. The van der Waals surface area contributed by atoms with Crippen molar-refractivity contribution in [2.45, 2.75) is 30.9 Å². The Morgan fingerprint density at radius 3 is 2.96 bits per heavy atom. The summed E-state index contributed by atoms with van der Waals surface area (Å²) >= 11 is 4.20. The number of hydrogen-bond acceptors (Lipinski definition) is 8. The highest BCUT2D eigenvalue weighted by atomic mass is 32.2. The summed E-state index contributed by atoms with van der Waals surface area (Å²) in [6.45, 7) is 5.52. The number of fused-ring (bicyclic) bond motifs is 1. The maximum atomic E-state index is 12.1. The first-order valence-electron chi connectivity index (χ1n) is 7.18. The molecule has 0 unspecified atom stereocenters. The zero-order chi connectivity index (χ0) is 17.3. The number of aromatic nitrogens is 4. The number of carbonyl (C=O) groups is 1. The molecule has 0 saturated heterocycles. The Balaban J connectivity index is 1.69. The molecule has 7 nitrogen and oxygen atoms in total. The second-order valence-corrected chi connectivity index (χ2v) is 8.42. The lowest BCUT2D eigenvalue weighted by Gasteiger charge is -2.02. The average Bonchev–Trinajstić information content (AvgIpc) is 3.12. The van der Waals surface area contributed by atoms with E-state index in [1.807, 2.05) is 26.2 Å². The molecule has 3 heterocycles. The van der Waals surface area contributed by atoms with Crippen LogP contribution in [0.25, 0.3) is 4.96 Å². The van der Waals surface area contributed by atoms with E-state index in [1.165, 1.54) is 34.4 Å². The molecule has 0 aliphatic rings. The largest absolute Gasteiger partial charge is 0.300 e. The number of carbonyl (C=O) groups excluding carboxylic acids is 1. The summed E-state index contributed by atoms with van der Waals surface area (Å²) in [5.41, 5.74) is 1.52. The monoisotopic (exact) mass is 381 g/mol. The summed E-state index contributed by atoms with van der Waals surface area (Å²) in [5.74, 6) is 0.328. The zero-order valence-electron chi connectivity index (χ0n) is 13.3. The van der Waals surface area contributed by atoms with Crippen LogP contribution in [0.15, 0.2) is 20.6 Å². The molecule has 10 heteroatoms. The first-order valence-corrected chi connectivity index (χ1v) is 9.86. The van der Waals surface area contributed by atoms with Crippen molar-refractivity contribution in [2.75, 3.05) is 5.32 Å². The Labute approximate surface area is 150 Å². The Bertz CT molecular complexity index is 943. The van der Waals surface area contributed by atoms with Crippen molar-refractivity contribution >= 4 is 50.4 Å². The van der Waals surface area contributed by atoms with Crippen LogP contribution in [-0.4, -0.2) is 25.5 Å². The fourth-order valence-electron chi connectivity index (χ4n) is 1.88. The molecule has 0 aromatic carbocycles. The van der Waals surface area contributed by atoms with E-state index in [9.17, 15) is 9.59 Å². The molecular weight excluding hydrogens is 366 g/mol. The average molecular weight is 382 g/mol. The van der Waals surface area contributed by atoms with Crippen LogP contribution in [-0.2, 0) is 10.5 Å². The molecule has 0 aliphatic carbocycles. The van der Waals surface area contributed by atoms with Gasteiger partial charge in [0.1, 0.15) is 0 Å². The van der Waals surface area contributed by atoms with Gasteiger partial charge in [-0.2, -0.15) is 0 Å². The third-order valence-electron chi connectivity index (χ3n) is 3.13. The Morgan fingerprint density at radius 1 is 1.42 bits per heavy atom. The van der Waals surface area contributed by atoms with Crippen LogP contribution in [0.1, 0.15) is 25.2 Å². The van der Waals surface area contributed by atoms with Gasteiger partial charge in [-0.3, -0.25) is 14.0 Å². The molecular formula is C14H15N5O2S3. The highest BCUT2D eigenvalue weighted by molar-refractivity contribution is 8.00. The highest BCUT2D eigenvalue weighted by Gasteiger charge is 2.12. The van der Waals surface area contributed by atoms with Crippen molar-refractivity contribution in [3.05, 3.63) is 33.2 Å². The molecule has 24 heavy (non-hydrogen) atoms. The van der Waals surface area contributed by atoms with Crippen LogP contribution in [0.2, 0.25) is 0 Å². The molecule has 0 atom stereocenters. The van der Waals surface area contributed by atoms with Crippen molar-refractivity contribution in [1.82, 2.24) is 19.6 Å². The standard InChI is InChI=1S/C14H15N5O2S3/c1-7(2)11(21)16-12-17-18-14(24-12)23-6-9-4-10(20)19-8(3)5-22-13(19)15-9/h4-5,7H,6H2,1-3H3,(H,16,17,21). The SMILES string of the molecule is Cc1csc2nc(CSc3nnc(NC(=O)C(C)C)s3)cc(=O)n12. The van der Waals surface area contributed by atoms with Gasteiger partial charge in [0.25, 0.3) is 5.56 Å². The summed E-state index contributed by atoms with van der Waals surface area (Å²) in [6, 6.07) is 1.54. The van der Waals surface area contributed by atoms with Crippen LogP contribution in [0.3, 0.4) is 0 Å². The van der Waals surface area contributed by atoms with Gasteiger partial charge in [0.2, 0.25) is 11.0 Å². The van der Waals surface area contributed by atoms with Crippen LogP contribution >= 0.6 is 34.4 Å². The molecule has 0 aliphatic heterocycles. The smallest absolute Gasteiger partial charge is 0.258 e. The molecule has 3 rings (SSSR count). The van der Waals surface area contributed by atoms with Crippen LogP contribution in [0.4, 0.5) is 5.13 Å². The van der Waals surface area contributed by atoms with Gasteiger partial charge < -0.3 is 5.32 Å². The predicted octanol–water partition coefficient (Wildman–Crippen LogP) is 2.80. The first kappa shape index (κ1) is 17.1. The quantitative estimate of drug-likeness (QED) is 0.540. The lowest BCUT2D eigenvalue weighted by atomic mass is 10.2. The van der Waals surface area contributed by atoms with E-state index in [4.69, 9.17) is 0 Å². The number of amides is 1. The minimum atomic E-state index is -0.108. The van der Waals surface area contributed by atoms with Crippen molar-refractivity contribution in [3.8, 4) is 0 Å². The molecule has 3 aromatic rings. The number of aryl methyl sites for hydroxylation is 1. The third kappa shape index (κ3) is 3.65. The zero-order valence-corrected chi connectivity index (χ0v) is 15.7. The van der Waals surface area contributed by atoms with Crippen molar-refractivity contribution in [2.24, 2.45) is 5.92 Å². The topological polar surface area (TPSA) is 89.2 Å². The van der Waals surface area contributed by atoms with Crippen molar-refractivity contribution in [1.29, 1.82) is 0 Å². The number of nitrogens with one attached hydrogen (secondary N) is 1.